The number of benzene rings is 1. The number of aliphatic carboxylic acids is 1. The first-order chi connectivity index (χ1) is 11.8. The number of sulfone groups is 1. The third-order valence-electron chi connectivity index (χ3n) is 5.07. The number of carbonyl (C=O) groups excluding carboxylic acids is 1. The average Bonchev–Trinajstić information content (AvgIpc) is 3.25. The molecule has 8 heteroatoms. The van der Waals surface area contributed by atoms with Gasteiger partial charge in [0.05, 0.1) is 10.9 Å². The molecular formula is C17H22N2O5S. The molecule has 7 nitrogen and oxygen atoms in total. The van der Waals surface area contributed by atoms with E-state index in [4.69, 9.17) is 0 Å². The third kappa shape index (κ3) is 2.73. The third-order valence-corrected chi connectivity index (χ3v) is 7.45. The molecule has 2 heterocycles. The van der Waals surface area contributed by atoms with Crippen molar-refractivity contribution in [2.75, 3.05) is 13.1 Å². The summed E-state index contributed by atoms with van der Waals surface area (Å²) >= 11 is 0. The predicted octanol–water partition coefficient (Wildman–Crippen LogP) is 0.924. The van der Waals surface area contributed by atoms with E-state index in [1.807, 2.05) is 6.92 Å². The van der Waals surface area contributed by atoms with E-state index in [1.165, 1.54) is 12.1 Å². The van der Waals surface area contributed by atoms with Crippen molar-refractivity contribution < 1.29 is 23.1 Å². The van der Waals surface area contributed by atoms with Crippen LogP contribution < -0.4 is 5.32 Å². The molecule has 0 radical (unpaired) electrons. The Morgan fingerprint density at radius 1 is 1.24 bits per heavy atom. The second kappa shape index (κ2) is 6.42. The zero-order chi connectivity index (χ0) is 18.2. The van der Waals surface area contributed by atoms with Gasteiger partial charge < -0.3 is 15.3 Å². The molecule has 0 aliphatic carbocycles. The molecule has 2 aliphatic heterocycles. The Balaban J connectivity index is 2.07. The van der Waals surface area contributed by atoms with E-state index in [9.17, 15) is 23.1 Å². The van der Waals surface area contributed by atoms with Gasteiger partial charge >= 0.3 is 5.97 Å². The summed E-state index contributed by atoms with van der Waals surface area (Å²) in [5.41, 5.74) is 0.873. The van der Waals surface area contributed by atoms with E-state index in [2.05, 4.69) is 5.32 Å². The minimum Gasteiger partial charge on any atom is -0.479 e. The zero-order valence-electron chi connectivity index (χ0n) is 14.1. The smallest absolute Gasteiger partial charge is 0.346 e. The van der Waals surface area contributed by atoms with Crippen molar-refractivity contribution >= 4 is 21.7 Å². The summed E-state index contributed by atoms with van der Waals surface area (Å²) in [5, 5.41) is 12.9. The molecule has 2 atom stereocenters. The van der Waals surface area contributed by atoms with Crippen LogP contribution in [0.15, 0.2) is 29.2 Å². The summed E-state index contributed by atoms with van der Waals surface area (Å²) in [5.74, 6) is -1.93. The van der Waals surface area contributed by atoms with Crippen LogP contribution in [0.2, 0.25) is 0 Å². The van der Waals surface area contributed by atoms with E-state index in [1.54, 1.807) is 12.1 Å². The number of carbonyl (C=O) groups is 2. The van der Waals surface area contributed by atoms with E-state index in [-0.39, 0.29) is 17.9 Å². The first-order valence-electron chi connectivity index (χ1n) is 8.40. The summed E-state index contributed by atoms with van der Waals surface area (Å²) in [6.45, 7) is 2.63. The molecule has 0 aromatic heterocycles. The van der Waals surface area contributed by atoms with Crippen molar-refractivity contribution in [3.05, 3.63) is 29.8 Å². The fourth-order valence-corrected chi connectivity index (χ4v) is 5.69. The molecule has 1 amide bonds. The highest BCUT2D eigenvalue weighted by molar-refractivity contribution is 7.93. The standard InChI is InChI=1S/C17H22N2O5S/c1-12-5-7-13(8-6-12)25(23,24)17(16(21)22)9-3-11-19(17)15(20)14-4-2-10-18-14/h5-8,14,18H,2-4,9-11H2,1H3,(H,21,22)/t14-,17-/m1/s1. The lowest BCUT2D eigenvalue weighted by atomic mass is 10.1. The van der Waals surface area contributed by atoms with Gasteiger partial charge in [0.1, 0.15) is 0 Å². The Morgan fingerprint density at radius 2 is 1.92 bits per heavy atom. The minimum absolute atomic E-state index is 0.0698. The molecule has 0 spiro atoms. The summed E-state index contributed by atoms with van der Waals surface area (Å²) < 4.78 is 26.5. The molecule has 0 unspecified atom stereocenters. The second-order valence-corrected chi connectivity index (χ2v) is 8.80. The van der Waals surface area contributed by atoms with E-state index < -0.39 is 32.6 Å². The van der Waals surface area contributed by atoms with Crippen LogP contribution in [-0.4, -0.2) is 54.3 Å². The first-order valence-corrected chi connectivity index (χ1v) is 9.88. The van der Waals surface area contributed by atoms with Crippen LogP contribution in [0.1, 0.15) is 31.2 Å². The second-order valence-electron chi connectivity index (χ2n) is 6.65. The topological polar surface area (TPSA) is 104 Å². The number of aryl methyl sites for hydroxylation is 1. The fourth-order valence-electron chi connectivity index (χ4n) is 3.69. The summed E-state index contributed by atoms with van der Waals surface area (Å²) in [7, 11) is -4.26. The Kier molecular flexibility index (Phi) is 4.59. The Bertz CT molecular complexity index is 784. The largest absolute Gasteiger partial charge is 0.479 e. The van der Waals surface area contributed by atoms with Crippen molar-refractivity contribution in [3.63, 3.8) is 0 Å². The molecule has 2 N–H and O–H groups in total. The Morgan fingerprint density at radius 3 is 2.48 bits per heavy atom. The Labute approximate surface area is 146 Å². The number of carboxylic acids is 1. The molecule has 136 valence electrons. The molecule has 3 rings (SSSR count). The maximum atomic E-state index is 13.2. The van der Waals surface area contributed by atoms with E-state index >= 15 is 0 Å². The molecule has 2 fully saturated rings. The van der Waals surface area contributed by atoms with Gasteiger partial charge in [-0.05, 0) is 51.3 Å². The molecule has 2 saturated heterocycles. The van der Waals surface area contributed by atoms with Gasteiger partial charge in [0, 0.05) is 6.54 Å². The van der Waals surface area contributed by atoms with Gasteiger partial charge in [-0.3, -0.25) is 4.79 Å². The van der Waals surface area contributed by atoms with Gasteiger partial charge in [-0.2, -0.15) is 0 Å². The van der Waals surface area contributed by atoms with Gasteiger partial charge in [0.25, 0.3) is 0 Å². The highest BCUT2D eigenvalue weighted by Gasteiger charge is 2.61. The minimum atomic E-state index is -4.26. The van der Waals surface area contributed by atoms with Crippen molar-refractivity contribution in [1.82, 2.24) is 10.2 Å². The molecule has 25 heavy (non-hydrogen) atoms. The number of amides is 1. The SMILES string of the molecule is Cc1ccc(S(=O)(=O)[C@@]2(C(=O)O)CCCN2C(=O)[C@H]2CCCN2)cc1. The van der Waals surface area contributed by atoms with Crippen LogP contribution in [0.3, 0.4) is 0 Å². The first kappa shape index (κ1) is 17.9. The van der Waals surface area contributed by atoms with Crippen LogP contribution in [-0.2, 0) is 19.4 Å². The number of hydrogen-bond acceptors (Lipinski definition) is 5. The zero-order valence-corrected chi connectivity index (χ0v) is 14.9. The number of rotatable bonds is 4. The molecule has 2 aliphatic rings. The molecule has 1 aromatic rings. The molecular weight excluding hydrogens is 344 g/mol. The van der Waals surface area contributed by atoms with Crippen LogP contribution >= 0.6 is 0 Å². The van der Waals surface area contributed by atoms with Crippen LogP contribution in [0.5, 0.6) is 0 Å². The molecule has 0 saturated carbocycles. The number of carboxylic acid groups (broad SMARTS) is 1. The lowest BCUT2D eigenvalue weighted by molar-refractivity contribution is -0.151. The summed E-state index contributed by atoms with van der Waals surface area (Å²) in [6.07, 6.45) is 1.65. The monoisotopic (exact) mass is 366 g/mol. The van der Waals surface area contributed by atoms with Crippen molar-refractivity contribution in [2.24, 2.45) is 0 Å². The van der Waals surface area contributed by atoms with Gasteiger partial charge in [-0.15, -0.1) is 0 Å². The number of nitrogens with zero attached hydrogens (tertiary/aromatic N) is 1. The predicted molar refractivity (Wildman–Crippen MR) is 90.7 cm³/mol. The average molecular weight is 366 g/mol. The lowest BCUT2D eigenvalue weighted by Gasteiger charge is -2.35. The van der Waals surface area contributed by atoms with Gasteiger partial charge in [0.2, 0.25) is 20.6 Å². The maximum Gasteiger partial charge on any atom is 0.346 e. The van der Waals surface area contributed by atoms with E-state index in [0.29, 0.717) is 19.4 Å². The Hall–Kier alpha value is -1.93. The summed E-state index contributed by atoms with van der Waals surface area (Å²) in [4.78, 5) is 23.7. The van der Waals surface area contributed by atoms with Crippen molar-refractivity contribution in [3.8, 4) is 0 Å². The van der Waals surface area contributed by atoms with Crippen molar-refractivity contribution in [1.29, 1.82) is 0 Å². The van der Waals surface area contributed by atoms with Crippen LogP contribution in [0.25, 0.3) is 0 Å². The maximum absolute atomic E-state index is 13.2. The van der Waals surface area contributed by atoms with Gasteiger partial charge in [-0.25, -0.2) is 13.2 Å². The number of hydrogen-bond donors (Lipinski definition) is 2. The van der Waals surface area contributed by atoms with Crippen molar-refractivity contribution in [2.45, 2.75) is 48.4 Å². The number of likely N-dealkylation sites (tertiary alicyclic amines) is 1. The van der Waals surface area contributed by atoms with Gasteiger partial charge in [0.15, 0.2) is 0 Å². The summed E-state index contributed by atoms with van der Waals surface area (Å²) in [6, 6.07) is 5.56. The number of nitrogens with one attached hydrogen (secondary N) is 1. The van der Waals surface area contributed by atoms with Crippen LogP contribution in [0.4, 0.5) is 0 Å². The fraction of sp³-hybridized carbons (Fsp3) is 0.529. The normalized spacial score (nSPS) is 26.8. The molecule has 0 bridgehead atoms. The van der Waals surface area contributed by atoms with Gasteiger partial charge in [-0.1, -0.05) is 17.7 Å². The molecule has 1 aromatic carbocycles. The lowest BCUT2D eigenvalue weighted by Crippen LogP contribution is -2.61. The highest BCUT2D eigenvalue weighted by atomic mass is 32.2. The highest BCUT2D eigenvalue weighted by Crippen LogP contribution is 2.39. The van der Waals surface area contributed by atoms with E-state index in [0.717, 1.165) is 16.9 Å². The van der Waals surface area contributed by atoms with Crippen LogP contribution in [0, 0.1) is 6.92 Å². The quantitative estimate of drug-likeness (QED) is 0.821.